The number of hydrogen-bond donors (Lipinski definition) is 1. The number of aliphatic hydroxyl groups is 1. The predicted molar refractivity (Wildman–Crippen MR) is 56.8 cm³/mol. The van der Waals surface area contributed by atoms with Crippen molar-refractivity contribution in [1.29, 1.82) is 0 Å². The normalized spacial score (nSPS) is 60.4. The second-order valence-electron chi connectivity index (χ2n) is 5.92. The Morgan fingerprint density at radius 1 is 1.29 bits per heavy atom. The summed E-state index contributed by atoms with van der Waals surface area (Å²) < 4.78 is 0. The molecule has 1 nitrogen and oxygen atoms in total. The van der Waals surface area contributed by atoms with Gasteiger partial charge in [-0.15, -0.1) is 0 Å². The van der Waals surface area contributed by atoms with Crippen molar-refractivity contribution < 1.29 is 5.11 Å². The summed E-state index contributed by atoms with van der Waals surface area (Å²) in [5.74, 6) is 1.60. The summed E-state index contributed by atoms with van der Waals surface area (Å²) in [5, 5.41) is 10.3. The van der Waals surface area contributed by atoms with Crippen LogP contribution < -0.4 is 0 Å². The van der Waals surface area contributed by atoms with Crippen LogP contribution in [0.2, 0.25) is 0 Å². The van der Waals surface area contributed by atoms with Crippen molar-refractivity contribution in [3.8, 4) is 0 Å². The molecule has 3 aliphatic carbocycles. The van der Waals surface area contributed by atoms with Gasteiger partial charge in [-0.3, -0.25) is 0 Å². The Kier molecular flexibility index (Phi) is 1.56. The molecule has 1 heteroatoms. The third-order valence-corrected chi connectivity index (χ3v) is 5.57. The van der Waals surface area contributed by atoms with Gasteiger partial charge in [0, 0.05) is 5.41 Å². The van der Waals surface area contributed by atoms with Gasteiger partial charge in [0.25, 0.3) is 0 Å². The average molecular weight is 192 g/mol. The third-order valence-electron chi connectivity index (χ3n) is 5.57. The van der Waals surface area contributed by atoms with Crippen LogP contribution in [-0.2, 0) is 0 Å². The van der Waals surface area contributed by atoms with E-state index in [2.05, 4.69) is 26.0 Å². The monoisotopic (exact) mass is 192 g/mol. The molecule has 0 saturated heterocycles. The Morgan fingerprint density at radius 3 is 2.86 bits per heavy atom. The van der Waals surface area contributed by atoms with E-state index in [1.165, 1.54) is 25.7 Å². The van der Waals surface area contributed by atoms with E-state index in [-0.39, 0.29) is 11.5 Å². The average Bonchev–Trinajstić information content (AvgIpc) is 2.70. The first-order valence-corrected chi connectivity index (χ1v) is 5.98. The SMILES string of the molecule is C[C@@H]1CC[C@]23[C@@H](O)C=C[C@]2(C)CC[C@@H]13. The zero-order valence-electron chi connectivity index (χ0n) is 9.16. The lowest BCUT2D eigenvalue weighted by molar-refractivity contribution is -0.00490. The number of aliphatic hydroxyl groups excluding tert-OH is 1. The van der Waals surface area contributed by atoms with Gasteiger partial charge in [-0.1, -0.05) is 26.0 Å². The summed E-state index contributed by atoms with van der Waals surface area (Å²) in [6.45, 7) is 4.73. The summed E-state index contributed by atoms with van der Waals surface area (Å²) in [4.78, 5) is 0. The van der Waals surface area contributed by atoms with E-state index in [1.54, 1.807) is 0 Å². The summed E-state index contributed by atoms with van der Waals surface area (Å²) in [5.41, 5.74) is 0.536. The molecule has 0 unspecified atom stereocenters. The highest BCUT2D eigenvalue weighted by molar-refractivity contribution is 5.27. The molecule has 14 heavy (non-hydrogen) atoms. The van der Waals surface area contributed by atoms with Gasteiger partial charge in [-0.05, 0) is 42.9 Å². The molecule has 0 aromatic rings. The smallest absolute Gasteiger partial charge is 0.0788 e. The first-order valence-electron chi connectivity index (χ1n) is 5.98. The van der Waals surface area contributed by atoms with Crippen molar-refractivity contribution in [2.75, 3.05) is 0 Å². The van der Waals surface area contributed by atoms with Crippen molar-refractivity contribution in [2.24, 2.45) is 22.7 Å². The van der Waals surface area contributed by atoms with E-state index in [4.69, 9.17) is 0 Å². The van der Waals surface area contributed by atoms with Crippen molar-refractivity contribution in [1.82, 2.24) is 0 Å². The fourth-order valence-corrected chi connectivity index (χ4v) is 4.72. The zero-order valence-corrected chi connectivity index (χ0v) is 9.16. The molecule has 2 fully saturated rings. The summed E-state index contributed by atoms with van der Waals surface area (Å²) in [6.07, 6.45) is 9.38. The molecular weight excluding hydrogens is 172 g/mol. The largest absolute Gasteiger partial charge is 0.388 e. The molecule has 78 valence electrons. The molecule has 1 N–H and O–H groups in total. The third kappa shape index (κ3) is 0.735. The Hall–Kier alpha value is -0.300. The van der Waals surface area contributed by atoms with Gasteiger partial charge in [0.1, 0.15) is 0 Å². The second-order valence-corrected chi connectivity index (χ2v) is 5.92. The van der Waals surface area contributed by atoms with Gasteiger partial charge in [0.05, 0.1) is 6.10 Å². The van der Waals surface area contributed by atoms with Gasteiger partial charge in [0.2, 0.25) is 0 Å². The first-order chi connectivity index (χ1) is 6.60. The van der Waals surface area contributed by atoms with Crippen LogP contribution in [0.15, 0.2) is 12.2 Å². The molecule has 3 rings (SSSR count). The van der Waals surface area contributed by atoms with Crippen molar-refractivity contribution in [3.63, 3.8) is 0 Å². The Balaban J connectivity index is 2.09. The molecule has 3 aliphatic rings. The van der Waals surface area contributed by atoms with E-state index < -0.39 is 0 Å². The van der Waals surface area contributed by atoms with E-state index in [0.29, 0.717) is 5.41 Å². The molecule has 0 aliphatic heterocycles. The van der Waals surface area contributed by atoms with Gasteiger partial charge in [-0.25, -0.2) is 0 Å². The lowest BCUT2D eigenvalue weighted by atomic mass is 9.64. The van der Waals surface area contributed by atoms with E-state index >= 15 is 0 Å². The molecular formula is C13H20O. The molecule has 0 heterocycles. The molecule has 0 bridgehead atoms. The lowest BCUT2D eigenvalue weighted by Crippen LogP contribution is -2.41. The minimum Gasteiger partial charge on any atom is -0.388 e. The van der Waals surface area contributed by atoms with Gasteiger partial charge >= 0.3 is 0 Å². The molecule has 0 aromatic heterocycles. The molecule has 5 atom stereocenters. The van der Waals surface area contributed by atoms with Gasteiger partial charge < -0.3 is 5.11 Å². The minimum absolute atomic E-state index is 0.162. The Morgan fingerprint density at radius 2 is 2.07 bits per heavy atom. The van der Waals surface area contributed by atoms with Crippen LogP contribution in [0.3, 0.4) is 0 Å². The van der Waals surface area contributed by atoms with Crippen LogP contribution in [0.4, 0.5) is 0 Å². The minimum atomic E-state index is -0.162. The van der Waals surface area contributed by atoms with Crippen LogP contribution in [0.1, 0.15) is 39.5 Å². The fraction of sp³-hybridized carbons (Fsp3) is 0.846. The van der Waals surface area contributed by atoms with E-state index in [9.17, 15) is 5.11 Å². The van der Waals surface area contributed by atoms with E-state index in [1.807, 2.05) is 0 Å². The quantitative estimate of drug-likeness (QED) is 0.585. The van der Waals surface area contributed by atoms with E-state index in [0.717, 1.165) is 11.8 Å². The van der Waals surface area contributed by atoms with Crippen LogP contribution in [0, 0.1) is 22.7 Å². The Bertz CT molecular complexity index is 296. The summed E-state index contributed by atoms with van der Waals surface area (Å²) in [6, 6.07) is 0. The van der Waals surface area contributed by atoms with Crippen LogP contribution in [0.5, 0.6) is 0 Å². The molecule has 0 amide bonds. The van der Waals surface area contributed by atoms with Crippen molar-refractivity contribution in [3.05, 3.63) is 12.2 Å². The first kappa shape index (κ1) is 8.96. The molecule has 0 radical (unpaired) electrons. The number of hydrogen-bond acceptors (Lipinski definition) is 1. The van der Waals surface area contributed by atoms with Crippen LogP contribution in [0.25, 0.3) is 0 Å². The fourth-order valence-electron chi connectivity index (χ4n) is 4.72. The Labute approximate surface area is 86.2 Å². The van der Waals surface area contributed by atoms with Gasteiger partial charge in [0.15, 0.2) is 0 Å². The zero-order chi connectivity index (χ0) is 9.97. The highest BCUT2D eigenvalue weighted by Crippen LogP contribution is 2.69. The molecule has 2 saturated carbocycles. The van der Waals surface area contributed by atoms with Crippen LogP contribution in [-0.4, -0.2) is 11.2 Å². The predicted octanol–water partition coefficient (Wildman–Crippen LogP) is 2.75. The topological polar surface area (TPSA) is 20.2 Å². The maximum Gasteiger partial charge on any atom is 0.0788 e. The summed E-state index contributed by atoms with van der Waals surface area (Å²) in [7, 11) is 0. The van der Waals surface area contributed by atoms with Gasteiger partial charge in [-0.2, -0.15) is 0 Å². The highest BCUT2D eigenvalue weighted by atomic mass is 16.3. The van der Waals surface area contributed by atoms with Crippen molar-refractivity contribution >= 4 is 0 Å². The molecule has 1 spiro atoms. The maximum absolute atomic E-state index is 10.3. The number of rotatable bonds is 0. The van der Waals surface area contributed by atoms with Crippen LogP contribution >= 0.6 is 0 Å². The summed E-state index contributed by atoms with van der Waals surface area (Å²) >= 11 is 0. The standard InChI is InChI=1S/C13H20O/c1-9-3-8-13-10(9)4-6-12(13,2)7-5-11(13)14/h5,7,9-11,14H,3-4,6,8H2,1-2H3/t9-,10+,11+,12+,13+/m1/s1. The number of allylic oxidation sites excluding steroid dienone is 1. The molecule has 0 aromatic carbocycles. The highest BCUT2D eigenvalue weighted by Gasteiger charge is 2.65. The lowest BCUT2D eigenvalue weighted by Gasteiger charge is -2.41. The van der Waals surface area contributed by atoms with Crippen molar-refractivity contribution in [2.45, 2.75) is 45.6 Å². The maximum atomic E-state index is 10.3. The second kappa shape index (κ2) is 2.44.